The van der Waals surface area contributed by atoms with E-state index in [4.69, 9.17) is 4.98 Å². The van der Waals surface area contributed by atoms with Crippen molar-refractivity contribution >= 4 is 30.0 Å². The molecule has 1 aromatic heterocycles. The summed E-state index contributed by atoms with van der Waals surface area (Å²) in [7, 11) is 0. The fraction of sp³-hybridized carbons (Fsp3) is 0.552. The molecular weight excluding hydrogens is 472 g/mol. The third kappa shape index (κ3) is 4.84. The average molecular weight is 509 g/mol. The summed E-state index contributed by atoms with van der Waals surface area (Å²) in [4.78, 5) is 34.9. The maximum Gasteiger partial charge on any atom is 0.253 e. The van der Waals surface area contributed by atoms with Crippen LogP contribution in [0.25, 0.3) is 0 Å². The molecular formula is C29H37ClN4O2. The molecule has 4 aliphatic rings. The van der Waals surface area contributed by atoms with Crippen molar-refractivity contribution in [1.29, 1.82) is 0 Å². The molecule has 2 saturated heterocycles. The molecule has 2 saturated carbocycles. The highest BCUT2D eigenvalue weighted by molar-refractivity contribution is 5.94. The van der Waals surface area contributed by atoms with Crippen LogP contribution in [0, 0.1) is 11.8 Å². The minimum Gasteiger partial charge on any atom is -0.355 e. The van der Waals surface area contributed by atoms with Crippen LogP contribution in [0.3, 0.4) is 0 Å². The van der Waals surface area contributed by atoms with Crippen LogP contribution in [-0.4, -0.2) is 54.4 Å². The van der Waals surface area contributed by atoms with E-state index >= 15 is 0 Å². The predicted octanol–water partition coefficient (Wildman–Crippen LogP) is 4.71. The van der Waals surface area contributed by atoms with Crippen molar-refractivity contribution in [3.63, 3.8) is 0 Å². The average Bonchev–Trinajstić information content (AvgIpc) is 3.81. The molecule has 36 heavy (non-hydrogen) atoms. The first-order valence-electron chi connectivity index (χ1n) is 13.4. The molecule has 2 aliphatic heterocycles. The molecule has 2 aromatic rings. The molecule has 2 aliphatic carbocycles. The Morgan fingerprint density at radius 2 is 1.64 bits per heavy atom. The van der Waals surface area contributed by atoms with Gasteiger partial charge in [-0.1, -0.05) is 32.0 Å². The van der Waals surface area contributed by atoms with Crippen LogP contribution in [0.2, 0.25) is 0 Å². The largest absolute Gasteiger partial charge is 0.355 e. The van der Waals surface area contributed by atoms with Crippen molar-refractivity contribution in [3.8, 4) is 0 Å². The van der Waals surface area contributed by atoms with Crippen molar-refractivity contribution in [1.82, 2.24) is 15.2 Å². The second-order valence-corrected chi connectivity index (χ2v) is 11.3. The zero-order valence-corrected chi connectivity index (χ0v) is 22.1. The lowest BCUT2D eigenvalue weighted by Gasteiger charge is -2.36. The number of benzene rings is 1. The zero-order chi connectivity index (χ0) is 24.1. The van der Waals surface area contributed by atoms with Gasteiger partial charge in [-0.05, 0) is 78.2 Å². The Hall–Kier alpha value is -2.60. The van der Waals surface area contributed by atoms with Crippen molar-refractivity contribution in [2.24, 2.45) is 11.8 Å². The Morgan fingerprint density at radius 3 is 2.25 bits per heavy atom. The second kappa shape index (κ2) is 10.0. The van der Waals surface area contributed by atoms with Crippen molar-refractivity contribution in [3.05, 3.63) is 58.8 Å². The molecule has 0 spiro atoms. The third-order valence-corrected chi connectivity index (χ3v) is 8.44. The number of hydrogen-bond acceptors (Lipinski definition) is 4. The molecule has 1 unspecified atom stereocenters. The van der Waals surface area contributed by atoms with Gasteiger partial charge in [0.2, 0.25) is 5.91 Å². The summed E-state index contributed by atoms with van der Waals surface area (Å²) < 4.78 is 0. The number of carbonyl (C=O) groups is 2. The first kappa shape index (κ1) is 25.1. The van der Waals surface area contributed by atoms with Gasteiger partial charge in [0, 0.05) is 44.5 Å². The smallest absolute Gasteiger partial charge is 0.253 e. The summed E-state index contributed by atoms with van der Waals surface area (Å²) in [5.41, 5.74) is 4.56. The molecule has 1 aromatic carbocycles. The highest BCUT2D eigenvalue weighted by atomic mass is 35.5. The third-order valence-electron chi connectivity index (χ3n) is 8.44. The summed E-state index contributed by atoms with van der Waals surface area (Å²) >= 11 is 0. The number of anilines is 1. The first-order valence-corrected chi connectivity index (χ1v) is 13.4. The van der Waals surface area contributed by atoms with Crippen molar-refractivity contribution in [2.75, 3.05) is 37.6 Å². The van der Waals surface area contributed by atoms with E-state index in [0.29, 0.717) is 36.4 Å². The molecule has 3 heterocycles. The Labute approximate surface area is 220 Å². The summed E-state index contributed by atoms with van der Waals surface area (Å²) in [6, 6.07) is 10.2. The standard InChI is InChI=1S/C29H36N4O2.ClH/c1-18(2)25-17-31-28(34)26(25)21-7-9-22(10-8-21)29(35)33-13-11-32(12-14-33)27-24(20-5-6-20)15-23(16-30-27)19-3-4-19;/h7-10,15-16,18-20,25-26H,3-6,11-14,17H2,1-2H3,(H,31,34);1H/t25?,26-;/m0./s1. The highest BCUT2D eigenvalue weighted by Crippen LogP contribution is 2.47. The van der Waals surface area contributed by atoms with Gasteiger partial charge in [-0.15, -0.1) is 12.4 Å². The van der Waals surface area contributed by atoms with Crippen LogP contribution in [-0.2, 0) is 4.79 Å². The summed E-state index contributed by atoms with van der Waals surface area (Å²) in [6.07, 6.45) is 7.25. The maximum atomic E-state index is 13.2. The van der Waals surface area contributed by atoms with Gasteiger partial charge in [0.15, 0.2) is 0 Å². The Kier molecular flexibility index (Phi) is 6.99. The number of nitrogens with zero attached hydrogens (tertiary/aromatic N) is 3. The summed E-state index contributed by atoms with van der Waals surface area (Å²) in [5.74, 6) is 3.32. The number of amides is 2. The van der Waals surface area contributed by atoms with Crippen molar-refractivity contribution < 1.29 is 9.59 Å². The zero-order valence-electron chi connectivity index (χ0n) is 21.3. The fourth-order valence-electron chi connectivity index (χ4n) is 5.89. The highest BCUT2D eigenvalue weighted by Gasteiger charge is 2.38. The minimum atomic E-state index is -0.123. The molecule has 0 bridgehead atoms. The molecule has 1 N–H and O–H groups in total. The number of rotatable bonds is 6. The lowest BCUT2D eigenvalue weighted by atomic mass is 9.81. The van der Waals surface area contributed by atoms with Crippen LogP contribution >= 0.6 is 12.4 Å². The second-order valence-electron chi connectivity index (χ2n) is 11.3. The van der Waals surface area contributed by atoms with Gasteiger partial charge < -0.3 is 15.1 Å². The van der Waals surface area contributed by atoms with Crippen LogP contribution < -0.4 is 10.2 Å². The lowest BCUT2D eigenvalue weighted by Crippen LogP contribution is -2.49. The molecule has 4 fully saturated rings. The Morgan fingerprint density at radius 1 is 0.972 bits per heavy atom. The summed E-state index contributed by atoms with van der Waals surface area (Å²) in [5, 5.41) is 3.01. The van der Waals surface area contributed by atoms with Crippen LogP contribution in [0.15, 0.2) is 36.5 Å². The van der Waals surface area contributed by atoms with Crippen molar-refractivity contribution in [2.45, 2.75) is 57.3 Å². The number of carbonyl (C=O) groups excluding carboxylic acids is 2. The van der Waals surface area contributed by atoms with Gasteiger partial charge in [0.25, 0.3) is 5.91 Å². The van der Waals surface area contributed by atoms with Gasteiger partial charge in [-0.25, -0.2) is 4.98 Å². The van der Waals surface area contributed by atoms with E-state index in [1.807, 2.05) is 29.2 Å². The van der Waals surface area contributed by atoms with E-state index < -0.39 is 0 Å². The van der Waals surface area contributed by atoms with Gasteiger partial charge in [-0.3, -0.25) is 9.59 Å². The molecule has 0 radical (unpaired) electrons. The monoisotopic (exact) mass is 508 g/mol. The maximum absolute atomic E-state index is 13.2. The fourth-order valence-corrected chi connectivity index (χ4v) is 5.89. The SMILES string of the molecule is CC(C)C1CNC(=O)[C@H]1c1ccc(C(=O)N2CCN(c3ncc(C4CC4)cc3C3CC3)CC2)cc1.Cl. The minimum absolute atomic E-state index is 0. The van der Waals surface area contributed by atoms with E-state index in [2.05, 4.69) is 36.3 Å². The van der Waals surface area contributed by atoms with Gasteiger partial charge in [0.05, 0.1) is 5.92 Å². The van der Waals surface area contributed by atoms with Gasteiger partial charge in [-0.2, -0.15) is 0 Å². The Bertz CT molecular complexity index is 1120. The van der Waals surface area contributed by atoms with E-state index in [1.165, 1.54) is 36.8 Å². The van der Waals surface area contributed by atoms with Crippen LogP contribution in [0.5, 0.6) is 0 Å². The lowest BCUT2D eigenvalue weighted by molar-refractivity contribution is -0.120. The molecule has 6 nitrogen and oxygen atoms in total. The van der Waals surface area contributed by atoms with E-state index in [0.717, 1.165) is 36.9 Å². The quantitative estimate of drug-likeness (QED) is 0.614. The number of hydrogen-bond donors (Lipinski definition) is 1. The van der Waals surface area contributed by atoms with Crippen LogP contribution in [0.4, 0.5) is 5.82 Å². The van der Waals surface area contributed by atoms with E-state index in [1.54, 1.807) is 0 Å². The first-order chi connectivity index (χ1) is 17.0. The number of piperazine rings is 1. The van der Waals surface area contributed by atoms with Gasteiger partial charge >= 0.3 is 0 Å². The number of aromatic nitrogens is 1. The Balaban J connectivity index is 0.00000267. The van der Waals surface area contributed by atoms with E-state index in [9.17, 15) is 9.59 Å². The molecule has 2 amide bonds. The molecule has 6 rings (SSSR count). The molecule has 7 heteroatoms. The topological polar surface area (TPSA) is 65.5 Å². The predicted molar refractivity (Wildman–Crippen MR) is 144 cm³/mol. The number of halogens is 1. The van der Waals surface area contributed by atoms with Crippen LogP contribution in [0.1, 0.15) is 84.3 Å². The molecule has 2 atom stereocenters. The summed E-state index contributed by atoms with van der Waals surface area (Å²) in [6.45, 7) is 8.11. The number of nitrogens with one attached hydrogen (secondary N) is 1. The number of pyridine rings is 1. The van der Waals surface area contributed by atoms with E-state index in [-0.39, 0.29) is 30.1 Å². The normalized spacial score (nSPS) is 24.0. The molecule has 192 valence electrons. The van der Waals surface area contributed by atoms with Gasteiger partial charge in [0.1, 0.15) is 5.82 Å².